The van der Waals surface area contributed by atoms with Crippen LogP contribution in [0.2, 0.25) is 0 Å². The number of aromatic nitrogens is 1. The van der Waals surface area contributed by atoms with Crippen molar-refractivity contribution >= 4 is 34.1 Å². The summed E-state index contributed by atoms with van der Waals surface area (Å²) in [6.07, 6.45) is 4.94. The molecule has 2 aromatic rings. The maximum atomic E-state index is 13.6. The number of carbonyl (C=O) groups excluding carboxylic acids is 3. The van der Waals surface area contributed by atoms with E-state index in [2.05, 4.69) is 10.6 Å². The molecule has 184 valence electrons. The number of carbonyl (C=O) groups is 3. The van der Waals surface area contributed by atoms with Crippen LogP contribution in [-0.4, -0.2) is 43.9 Å². The molecular weight excluding hydrogens is 457 g/mol. The van der Waals surface area contributed by atoms with Crippen LogP contribution in [-0.2, 0) is 29.1 Å². The van der Waals surface area contributed by atoms with Crippen molar-refractivity contribution in [3.05, 3.63) is 52.1 Å². The highest BCUT2D eigenvalue weighted by atomic mass is 32.2. The van der Waals surface area contributed by atoms with Gasteiger partial charge in [0.2, 0.25) is 0 Å². The molecule has 1 aromatic carbocycles. The van der Waals surface area contributed by atoms with Crippen molar-refractivity contribution in [1.29, 1.82) is 0 Å². The van der Waals surface area contributed by atoms with E-state index < -0.39 is 28.4 Å². The lowest BCUT2D eigenvalue weighted by Gasteiger charge is -2.27. The highest BCUT2D eigenvalue weighted by Gasteiger charge is 2.32. The predicted molar refractivity (Wildman–Crippen MR) is 131 cm³/mol. The summed E-state index contributed by atoms with van der Waals surface area (Å²) in [6.45, 7) is 5.17. The molecule has 7 nitrogen and oxygen atoms in total. The number of anilines is 1. The molecule has 1 aliphatic carbocycles. The Labute approximate surface area is 202 Å². The molecule has 1 unspecified atom stereocenters. The normalized spacial score (nSPS) is 18.9. The number of aryl methyl sites for hydroxylation is 1. The fraction of sp³-hybridized carbons (Fsp3) is 0.480. The maximum absolute atomic E-state index is 13.6. The molecule has 2 amide bonds. The Morgan fingerprint density at radius 2 is 1.79 bits per heavy atom. The SMILES string of the molecule is CCc1c(C(=O)Nc2ccc(F)c(C)c2)c(C)n(C)c1C(=O)C(=O)NC1CCC(S(C)=O)CC1. The summed E-state index contributed by atoms with van der Waals surface area (Å²) < 4.78 is 26.8. The minimum atomic E-state index is -0.887. The topological polar surface area (TPSA) is 97.3 Å². The van der Waals surface area contributed by atoms with Crippen molar-refractivity contribution < 1.29 is 23.0 Å². The van der Waals surface area contributed by atoms with Crippen LogP contribution < -0.4 is 10.6 Å². The van der Waals surface area contributed by atoms with E-state index >= 15 is 0 Å². The summed E-state index contributed by atoms with van der Waals surface area (Å²) in [7, 11) is 0.775. The summed E-state index contributed by atoms with van der Waals surface area (Å²) in [5.41, 5.74) is 2.46. The molecule has 3 rings (SSSR count). The molecule has 1 aromatic heterocycles. The molecule has 1 atom stereocenters. The maximum Gasteiger partial charge on any atom is 0.294 e. The van der Waals surface area contributed by atoms with Crippen LogP contribution in [0, 0.1) is 19.7 Å². The molecule has 1 heterocycles. The Morgan fingerprint density at radius 1 is 1.15 bits per heavy atom. The predicted octanol–water partition coefficient (Wildman–Crippen LogP) is 3.58. The zero-order valence-corrected chi connectivity index (χ0v) is 21.1. The van der Waals surface area contributed by atoms with Crippen LogP contribution in [0.3, 0.4) is 0 Å². The van der Waals surface area contributed by atoms with Gasteiger partial charge in [-0.25, -0.2) is 4.39 Å². The van der Waals surface area contributed by atoms with Gasteiger partial charge in [-0.3, -0.25) is 18.6 Å². The summed E-state index contributed by atoms with van der Waals surface area (Å²) in [5.74, 6) is -2.16. The van der Waals surface area contributed by atoms with Crippen molar-refractivity contribution in [1.82, 2.24) is 9.88 Å². The Bertz CT molecular complexity index is 1150. The van der Waals surface area contributed by atoms with E-state index in [0.29, 0.717) is 47.3 Å². The first kappa shape index (κ1) is 25.8. The standard InChI is InChI=1S/C25H32FN3O4S/c1-6-19-21(24(31)28-17-9-12-20(26)14(2)13-17)15(3)29(4)22(19)23(30)25(32)27-16-7-10-18(11-8-16)34(5)33/h9,12-13,16,18H,6-8,10-11H2,1-5H3,(H,27,32)(H,28,31). The van der Waals surface area contributed by atoms with Crippen molar-refractivity contribution in [2.45, 2.75) is 64.2 Å². The number of benzene rings is 1. The van der Waals surface area contributed by atoms with Gasteiger partial charge in [0, 0.05) is 46.8 Å². The van der Waals surface area contributed by atoms with E-state index in [0.717, 1.165) is 12.8 Å². The van der Waals surface area contributed by atoms with Gasteiger partial charge in [-0.1, -0.05) is 6.92 Å². The van der Waals surface area contributed by atoms with Gasteiger partial charge in [0.25, 0.3) is 17.6 Å². The molecule has 0 saturated heterocycles. The monoisotopic (exact) mass is 489 g/mol. The van der Waals surface area contributed by atoms with E-state index in [1.165, 1.54) is 12.1 Å². The van der Waals surface area contributed by atoms with Gasteiger partial charge >= 0.3 is 0 Å². The van der Waals surface area contributed by atoms with E-state index in [1.54, 1.807) is 37.8 Å². The van der Waals surface area contributed by atoms with Gasteiger partial charge in [0.15, 0.2) is 0 Å². The first-order valence-corrected chi connectivity index (χ1v) is 13.1. The zero-order valence-electron chi connectivity index (χ0n) is 20.3. The highest BCUT2D eigenvalue weighted by Crippen LogP contribution is 2.26. The van der Waals surface area contributed by atoms with Gasteiger partial charge in [0.05, 0.1) is 11.3 Å². The molecule has 1 saturated carbocycles. The van der Waals surface area contributed by atoms with Crippen LogP contribution in [0.4, 0.5) is 10.1 Å². The molecule has 2 N–H and O–H groups in total. The number of nitrogens with zero attached hydrogens (tertiary/aromatic N) is 1. The van der Waals surface area contributed by atoms with Crippen LogP contribution in [0.25, 0.3) is 0 Å². The van der Waals surface area contributed by atoms with Gasteiger partial charge in [-0.05, 0) is 75.3 Å². The third-order valence-corrected chi connectivity index (χ3v) is 8.09. The Hall–Kier alpha value is -2.81. The van der Waals surface area contributed by atoms with Gasteiger partial charge < -0.3 is 15.2 Å². The average molecular weight is 490 g/mol. The molecule has 34 heavy (non-hydrogen) atoms. The van der Waals surface area contributed by atoms with Crippen LogP contribution >= 0.6 is 0 Å². The summed E-state index contributed by atoms with van der Waals surface area (Å²) in [6, 6.07) is 4.17. The van der Waals surface area contributed by atoms with Crippen molar-refractivity contribution in [3.63, 3.8) is 0 Å². The quantitative estimate of drug-likeness (QED) is 0.459. The number of amides is 2. The molecular formula is C25H32FN3O4S. The number of hydrogen-bond acceptors (Lipinski definition) is 4. The first-order valence-electron chi connectivity index (χ1n) is 11.5. The molecule has 0 radical (unpaired) electrons. The number of hydrogen-bond donors (Lipinski definition) is 2. The minimum absolute atomic E-state index is 0.132. The van der Waals surface area contributed by atoms with Crippen molar-refractivity contribution in [2.24, 2.45) is 7.05 Å². The van der Waals surface area contributed by atoms with Gasteiger partial charge in [-0.15, -0.1) is 0 Å². The molecule has 0 spiro atoms. The fourth-order valence-electron chi connectivity index (χ4n) is 4.62. The van der Waals surface area contributed by atoms with Crippen molar-refractivity contribution in [2.75, 3.05) is 11.6 Å². The third kappa shape index (κ3) is 5.29. The molecule has 0 aliphatic heterocycles. The summed E-state index contributed by atoms with van der Waals surface area (Å²) in [5, 5.41) is 5.74. The lowest BCUT2D eigenvalue weighted by atomic mass is 9.94. The van der Waals surface area contributed by atoms with Crippen molar-refractivity contribution in [3.8, 4) is 0 Å². The van der Waals surface area contributed by atoms with Crippen LogP contribution in [0.1, 0.15) is 70.3 Å². The third-order valence-electron chi connectivity index (χ3n) is 6.68. The Morgan fingerprint density at radius 3 is 2.35 bits per heavy atom. The zero-order chi connectivity index (χ0) is 25.2. The number of nitrogens with one attached hydrogen (secondary N) is 2. The average Bonchev–Trinajstić information content (AvgIpc) is 3.06. The van der Waals surface area contributed by atoms with Gasteiger partial charge in [0.1, 0.15) is 5.82 Å². The van der Waals surface area contributed by atoms with E-state index in [9.17, 15) is 23.0 Å². The second-order valence-corrected chi connectivity index (χ2v) is 10.6. The summed E-state index contributed by atoms with van der Waals surface area (Å²) >= 11 is 0. The lowest BCUT2D eigenvalue weighted by molar-refractivity contribution is -0.117. The fourth-order valence-corrected chi connectivity index (χ4v) is 5.56. The Balaban J connectivity index is 1.80. The largest absolute Gasteiger partial charge is 0.346 e. The smallest absolute Gasteiger partial charge is 0.294 e. The number of Topliss-reactive ketones (excluding diaryl/α,β-unsaturated/α-hetero) is 1. The van der Waals surface area contributed by atoms with E-state index in [4.69, 9.17) is 0 Å². The highest BCUT2D eigenvalue weighted by molar-refractivity contribution is 7.84. The number of rotatable bonds is 7. The molecule has 9 heteroatoms. The lowest BCUT2D eigenvalue weighted by Crippen LogP contribution is -2.43. The van der Waals surface area contributed by atoms with E-state index in [1.807, 2.05) is 6.92 Å². The number of ketones is 1. The van der Waals surface area contributed by atoms with E-state index in [-0.39, 0.29) is 22.8 Å². The second-order valence-electron chi connectivity index (χ2n) is 8.89. The Kier molecular flexibility index (Phi) is 8.07. The summed E-state index contributed by atoms with van der Waals surface area (Å²) in [4.78, 5) is 39.1. The van der Waals surface area contributed by atoms with Gasteiger partial charge in [-0.2, -0.15) is 0 Å². The molecule has 1 fully saturated rings. The van der Waals surface area contributed by atoms with Crippen LogP contribution in [0.5, 0.6) is 0 Å². The second kappa shape index (κ2) is 10.6. The first-order chi connectivity index (χ1) is 16.0. The molecule has 0 bridgehead atoms. The number of halogens is 1. The van der Waals surface area contributed by atoms with Crippen LogP contribution in [0.15, 0.2) is 18.2 Å². The minimum Gasteiger partial charge on any atom is -0.346 e. The molecule has 1 aliphatic rings.